The van der Waals surface area contributed by atoms with Crippen molar-refractivity contribution >= 4 is 45.7 Å². The van der Waals surface area contributed by atoms with Crippen molar-refractivity contribution in [2.45, 2.75) is 31.8 Å². The lowest BCUT2D eigenvalue weighted by Gasteiger charge is -2.30. The molecule has 0 amide bonds. The van der Waals surface area contributed by atoms with Crippen LogP contribution in [0.25, 0.3) is 22.1 Å². The highest BCUT2D eigenvalue weighted by molar-refractivity contribution is 6.31. The van der Waals surface area contributed by atoms with Crippen LogP contribution in [-0.4, -0.2) is 38.7 Å². The number of anilines is 1. The highest BCUT2D eigenvalue weighted by Crippen LogP contribution is 2.34. The van der Waals surface area contributed by atoms with E-state index in [1.165, 1.54) is 0 Å². The highest BCUT2D eigenvalue weighted by Gasteiger charge is 2.30. The van der Waals surface area contributed by atoms with E-state index >= 15 is 0 Å². The Kier molecular flexibility index (Phi) is 4.20. The molecule has 29 heavy (non-hydrogen) atoms. The van der Waals surface area contributed by atoms with Crippen LogP contribution >= 0.6 is 11.6 Å². The molecule has 1 aliphatic rings. The number of pyridine rings is 1. The SMILES string of the molecule is CN(c1nc2ccc(Cl)cc2o1)C1CCc2c(c3ncccc3n2CC(=O)O)C1. The predicted molar refractivity (Wildman–Crippen MR) is 111 cm³/mol. The second-order valence-electron chi connectivity index (χ2n) is 7.39. The van der Waals surface area contributed by atoms with Crippen molar-refractivity contribution in [1.82, 2.24) is 14.5 Å². The van der Waals surface area contributed by atoms with Crippen LogP contribution in [0.3, 0.4) is 0 Å². The number of likely N-dealkylation sites (N-methyl/N-ethyl adjacent to an activating group) is 1. The number of carboxylic acid groups (broad SMARTS) is 1. The maximum absolute atomic E-state index is 11.4. The van der Waals surface area contributed by atoms with Gasteiger partial charge in [0.15, 0.2) is 5.58 Å². The summed E-state index contributed by atoms with van der Waals surface area (Å²) in [5.74, 6) is -0.849. The molecule has 7 nitrogen and oxygen atoms in total. The molecular weight excluding hydrogens is 392 g/mol. The minimum absolute atomic E-state index is 0.0517. The smallest absolute Gasteiger partial charge is 0.323 e. The maximum atomic E-state index is 11.4. The van der Waals surface area contributed by atoms with Crippen LogP contribution in [0.5, 0.6) is 0 Å². The van der Waals surface area contributed by atoms with Crippen molar-refractivity contribution in [3.63, 3.8) is 0 Å². The molecule has 1 N–H and O–H groups in total. The number of fused-ring (bicyclic) bond motifs is 4. The zero-order valence-electron chi connectivity index (χ0n) is 15.8. The average molecular weight is 411 g/mol. The van der Waals surface area contributed by atoms with E-state index in [0.29, 0.717) is 16.6 Å². The van der Waals surface area contributed by atoms with Gasteiger partial charge in [0.05, 0.1) is 11.0 Å². The maximum Gasteiger partial charge on any atom is 0.323 e. The molecule has 0 spiro atoms. The highest BCUT2D eigenvalue weighted by atomic mass is 35.5. The minimum atomic E-state index is -0.849. The number of benzene rings is 1. The number of hydrogen-bond donors (Lipinski definition) is 1. The fraction of sp³-hybridized carbons (Fsp3) is 0.286. The van der Waals surface area contributed by atoms with Gasteiger partial charge in [-0.25, -0.2) is 0 Å². The van der Waals surface area contributed by atoms with Gasteiger partial charge in [0.2, 0.25) is 0 Å². The Morgan fingerprint density at radius 1 is 1.41 bits per heavy atom. The van der Waals surface area contributed by atoms with Gasteiger partial charge in [0.25, 0.3) is 6.01 Å². The number of nitrogens with zero attached hydrogens (tertiary/aromatic N) is 4. The van der Waals surface area contributed by atoms with E-state index in [4.69, 9.17) is 16.0 Å². The van der Waals surface area contributed by atoms with E-state index in [0.717, 1.165) is 47.1 Å². The van der Waals surface area contributed by atoms with E-state index in [2.05, 4.69) is 14.9 Å². The number of halogens is 1. The van der Waals surface area contributed by atoms with Crippen molar-refractivity contribution in [3.8, 4) is 0 Å². The largest absolute Gasteiger partial charge is 0.480 e. The molecule has 1 unspecified atom stereocenters. The minimum Gasteiger partial charge on any atom is -0.480 e. The molecule has 5 rings (SSSR count). The van der Waals surface area contributed by atoms with Gasteiger partial charge in [0, 0.05) is 41.6 Å². The number of rotatable bonds is 4. The first-order valence-corrected chi connectivity index (χ1v) is 9.84. The van der Waals surface area contributed by atoms with Crippen LogP contribution in [-0.2, 0) is 24.2 Å². The molecule has 0 radical (unpaired) electrons. The second-order valence-corrected chi connectivity index (χ2v) is 7.83. The molecule has 0 fully saturated rings. The van der Waals surface area contributed by atoms with Crippen LogP contribution in [0, 0.1) is 0 Å². The van der Waals surface area contributed by atoms with Crippen molar-refractivity contribution in [2.24, 2.45) is 0 Å². The number of carbonyl (C=O) groups is 1. The van der Waals surface area contributed by atoms with E-state index in [9.17, 15) is 9.90 Å². The Hall–Kier alpha value is -3.06. The van der Waals surface area contributed by atoms with E-state index in [1.807, 2.05) is 29.8 Å². The number of aliphatic carboxylic acids is 1. The lowest BCUT2D eigenvalue weighted by Crippen LogP contribution is -2.37. The van der Waals surface area contributed by atoms with Crippen LogP contribution in [0.4, 0.5) is 6.01 Å². The Bertz CT molecular complexity index is 1250. The van der Waals surface area contributed by atoms with Gasteiger partial charge < -0.3 is 19.0 Å². The molecule has 0 saturated carbocycles. The predicted octanol–water partition coefficient (Wildman–Crippen LogP) is 3.91. The fourth-order valence-corrected chi connectivity index (χ4v) is 4.44. The Labute approximate surface area is 171 Å². The molecule has 1 atom stereocenters. The third kappa shape index (κ3) is 3.02. The summed E-state index contributed by atoms with van der Waals surface area (Å²) in [6, 6.07) is 9.93. The topological polar surface area (TPSA) is 84.4 Å². The molecule has 3 aromatic heterocycles. The summed E-state index contributed by atoms with van der Waals surface area (Å²) in [6.45, 7) is -0.0517. The van der Waals surface area contributed by atoms with Crippen molar-refractivity contribution in [3.05, 3.63) is 52.8 Å². The van der Waals surface area contributed by atoms with E-state index in [1.54, 1.807) is 18.3 Å². The second kappa shape index (κ2) is 6.77. The first-order valence-electron chi connectivity index (χ1n) is 9.47. The zero-order valence-corrected chi connectivity index (χ0v) is 16.6. The molecule has 148 valence electrons. The normalized spacial score (nSPS) is 16.3. The van der Waals surface area contributed by atoms with Crippen molar-refractivity contribution in [2.75, 3.05) is 11.9 Å². The van der Waals surface area contributed by atoms with Gasteiger partial charge in [-0.15, -0.1) is 0 Å². The first kappa shape index (κ1) is 18.0. The molecule has 0 aliphatic heterocycles. The van der Waals surface area contributed by atoms with Gasteiger partial charge in [-0.1, -0.05) is 11.6 Å². The summed E-state index contributed by atoms with van der Waals surface area (Å²) in [5.41, 5.74) is 5.37. The summed E-state index contributed by atoms with van der Waals surface area (Å²) in [7, 11) is 1.98. The summed E-state index contributed by atoms with van der Waals surface area (Å²) in [6.07, 6.45) is 4.16. The Morgan fingerprint density at radius 2 is 2.28 bits per heavy atom. The lowest BCUT2D eigenvalue weighted by molar-refractivity contribution is -0.137. The van der Waals surface area contributed by atoms with Crippen LogP contribution in [0.2, 0.25) is 5.02 Å². The quantitative estimate of drug-likeness (QED) is 0.549. The van der Waals surface area contributed by atoms with E-state index < -0.39 is 5.97 Å². The Balaban J connectivity index is 1.50. The average Bonchev–Trinajstić information content (AvgIpc) is 3.26. The molecule has 4 aromatic rings. The molecule has 0 bridgehead atoms. The molecular formula is C21H19ClN4O3. The summed E-state index contributed by atoms with van der Waals surface area (Å²) in [5, 5.41) is 9.96. The first-order chi connectivity index (χ1) is 14.0. The summed E-state index contributed by atoms with van der Waals surface area (Å²) < 4.78 is 7.82. The van der Waals surface area contributed by atoms with E-state index in [-0.39, 0.29) is 12.6 Å². The molecule has 8 heteroatoms. The molecule has 3 heterocycles. The zero-order chi connectivity index (χ0) is 20.1. The van der Waals surface area contributed by atoms with Crippen molar-refractivity contribution < 1.29 is 14.3 Å². The fourth-order valence-electron chi connectivity index (χ4n) is 4.27. The van der Waals surface area contributed by atoms with Crippen LogP contribution in [0.15, 0.2) is 40.9 Å². The van der Waals surface area contributed by atoms with Gasteiger partial charge in [0.1, 0.15) is 12.1 Å². The molecule has 1 aliphatic carbocycles. The summed E-state index contributed by atoms with van der Waals surface area (Å²) >= 11 is 6.05. The third-order valence-electron chi connectivity index (χ3n) is 5.67. The van der Waals surface area contributed by atoms with Gasteiger partial charge in [-0.2, -0.15) is 4.98 Å². The third-order valence-corrected chi connectivity index (χ3v) is 5.91. The Morgan fingerprint density at radius 3 is 3.10 bits per heavy atom. The van der Waals surface area contributed by atoms with Gasteiger partial charge >= 0.3 is 5.97 Å². The standard InChI is InChI=1S/C21H19ClN4O3/c1-25(21-24-15-6-4-12(22)9-18(15)29-21)13-5-7-16-14(10-13)20-17(3-2-8-23-20)26(16)11-19(27)28/h2-4,6,8-9,13H,5,7,10-11H2,1H3,(H,27,28). The summed E-state index contributed by atoms with van der Waals surface area (Å²) in [4.78, 5) is 22.6. The number of oxazole rings is 1. The van der Waals surface area contributed by atoms with Gasteiger partial charge in [-0.05, 0) is 43.5 Å². The number of carboxylic acids is 1. The molecule has 0 saturated heterocycles. The lowest BCUT2D eigenvalue weighted by atomic mass is 9.92. The number of hydrogen-bond acceptors (Lipinski definition) is 5. The van der Waals surface area contributed by atoms with Crippen LogP contribution < -0.4 is 4.90 Å². The van der Waals surface area contributed by atoms with Crippen LogP contribution in [0.1, 0.15) is 17.7 Å². The monoisotopic (exact) mass is 410 g/mol. The molecule has 1 aromatic carbocycles. The van der Waals surface area contributed by atoms with Gasteiger partial charge in [-0.3, -0.25) is 9.78 Å². The number of aromatic nitrogens is 3. The van der Waals surface area contributed by atoms with Crippen molar-refractivity contribution in [1.29, 1.82) is 0 Å².